The SMILES string of the molecule is C#Cc1ccc(CN2CCC(N3CCN(c4nc(N)c(C(=O)NCCCN5CCCC5=O)nc4Cl)C[C@@H]3CC)CC2)cc1. The number of hydrogen-bond donors (Lipinski definition) is 2. The van der Waals surface area contributed by atoms with Crippen LogP contribution in [0.15, 0.2) is 24.3 Å². The van der Waals surface area contributed by atoms with Gasteiger partial charge in [0.25, 0.3) is 5.91 Å². The molecule has 2 amide bonds. The minimum atomic E-state index is -0.404. The molecule has 0 bridgehead atoms. The second-order valence-electron chi connectivity index (χ2n) is 11.8. The van der Waals surface area contributed by atoms with Crippen LogP contribution in [0.2, 0.25) is 5.15 Å². The quantitative estimate of drug-likeness (QED) is 0.314. The summed E-state index contributed by atoms with van der Waals surface area (Å²) in [6.07, 6.45) is 11.0. The number of nitrogens with zero attached hydrogens (tertiary/aromatic N) is 6. The maximum atomic E-state index is 12.8. The predicted molar refractivity (Wildman–Crippen MR) is 170 cm³/mol. The summed E-state index contributed by atoms with van der Waals surface area (Å²) in [5.41, 5.74) is 8.47. The fourth-order valence-corrected chi connectivity index (χ4v) is 6.81. The molecule has 11 heteroatoms. The van der Waals surface area contributed by atoms with Gasteiger partial charge in [0.2, 0.25) is 5.91 Å². The van der Waals surface area contributed by atoms with Crippen LogP contribution < -0.4 is 16.0 Å². The van der Waals surface area contributed by atoms with Gasteiger partial charge in [0.1, 0.15) is 0 Å². The number of carbonyl (C=O) groups is 2. The highest BCUT2D eigenvalue weighted by atomic mass is 35.5. The summed E-state index contributed by atoms with van der Waals surface area (Å²) in [5.74, 6) is 3.07. The van der Waals surface area contributed by atoms with Crippen molar-refractivity contribution in [2.45, 2.75) is 64.1 Å². The molecule has 2 aromatic rings. The monoisotopic (exact) mass is 606 g/mol. The van der Waals surface area contributed by atoms with Crippen LogP contribution in [0, 0.1) is 12.3 Å². The highest BCUT2D eigenvalue weighted by Gasteiger charge is 2.34. The zero-order valence-electron chi connectivity index (χ0n) is 25.1. The number of likely N-dealkylation sites (tertiary alicyclic amines) is 2. The predicted octanol–water partition coefficient (Wildman–Crippen LogP) is 3.00. The van der Waals surface area contributed by atoms with Crippen LogP contribution in [0.5, 0.6) is 0 Å². The fourth-order valence-electron chi connectivity index (χ4n) is 6.56. The van der Waals surface area contributed by atoms with E-state index in [1.165, 1.54) is 5.56 Å². The summed E-state index contributed by atoms with van der Waals surface area (Å²) in [4.78, 5) is 42.6. The van der Waals surface area contributed by atoms with Gasteiger partial charge in [0.05, 0.1) is 0 Å². The number of nitrogen functional groups attached to an aromatic ring is 1. The Hall–Kier alpha value is -3.39. The van der Waals surface area contributed by atoms with Gasteiger partial charge in [-0.2, -0.15) is 0 Å². The van der Waals surface area contributed by atoms with Crippen molar-refractivity contribution in [1.29, 1.82) is 0 Å². The Morgan fingerprint density at radius 1 is 1.14 bits per heavy atom. The average molecular weight is 607 g/mol. The molecule has 10 nitrogen and oxygen atoms in total. The van der Waals surface area contributed by atoms with Crippen LogP contribution in [-0.4, -0.2) is 101 Å². The summed E-state index contributed by atoms with van der Waals surface area (Å²) in [5, 5.41) is 3.02. The lowest BCUT2D eigenvalue weighted by molar-refractivity contribution is -0.127. The Bertz CT molecular complexity index is 1320. The summed E-state index contributed by atoms with van der Waals surface area (Å²) < 4.78 is 0. The first-order valence-corrected chi connectivity index (χ1v) is 15.9. The number of anilines is 2. The normalized spacial score (nSPS) is 20.4. The highest BCUT2D eigenvalue weighted by Crippen LogP contribution is 2.30. The van der Waals surface area contributed by atoms with Crippen molar-refractivity contribution >= 4 is 35.1 Å². The molecule has 0 aliphatic carbocycles. The second kappa shape index (κ2) is 14.4. The van der Waals surface area contributed by atoms with Crippen LogP contribution >= 0.6 is 11.6 Å². The van der Waals surface area contributed by atoms with E-state index in [1.807, 2.05) is 17.0 Å². The molecule has 0 saturated carbocycles. The zero-order valence-corrected chi connectivity index (χ0v) is 25.9. The first kappa shape index (κ1) is 31.0. The number of amides is 2. The van der Waals surface area contributed by atoms with Crippen LogP contribution in [0.1, 0.15) is 67.1 Å². The number of nitrogens with two attached hydrogens (primary N) is 1. The van der Waals surface area contributed by atoms with E-state index >= 15 is 0 Å². The Morgan fingerprint density at radius 2 is 1.91 bits per heavy atom. The van der Waals surface area contributed by atoms with Gasteiger partial charge in [-0.05, 0) is 62.9 Å². The molecular weight excluding hydrogens is 564 g/mol. The van der Waals surface area contributed by atoms with Crippen molar-refractivity contribution in [3.63, 3.8) is 0 Å². The van der Waals surface area contributed by atoms with Gasteiger partial charge in [-0.3, -0.25) is 19.4 Å². The largest absolute Gasteiger partial charge is 0.382 e. The number of carbonyl (C=O) groups excluding carboxylic acids is 2. The molecule has 1 atom stereocenters. The van der Waals surface area contributed by atoms with Crippen LogP contribution in [0.25, 0.3) is 0 Å². The smallest absolute Gasteiger partial charge is 0.273 e. The number of piperidine rings is 1. The third-order valence-electron chi connectivity index (χ3n) is 8.99. The van der Waals surface area contributed by atoms with E-state index in [-0.39, 0.29) is 22.6 Å². The van der Waals surface area contributed by atoms with Crippen LogP contribution in [0.4, 0.5) is 11.6 Å². The Morgan fingerprint density at radius 3 is 2.58 bits per heavy atom. The van der Waals surface area contributed by atoms with E-state index in [0.717, 1.165) is 77.1 Å². The molecular formula is C32H43ClN8O2. The average Bonchev–Trinajstić information content (AvgIpc) is 3.44. The molecule has 0 unspecified atom stereocenters. The molecule has 0 spiro atoms. The first-order valence-electron chi connectivity index (χ1n) is 15.5. The van der Waals surface area contributed by atoms with E-state index in [9.17, 15) is 9.59 Å². The molecule has 5 rings (SSSR count). The standard InChI is InChI=1S/C32H43ClN8O2/c1-3-23-8-10-24(11-9-23)21-38-17-12-26(13-18-38)41-20-19-40(22-25(41)4-2)31-29(33)36-28(30(34)37-31)32(43)35-14-6-16-39-15-5-7-27(39)42/h1,8-11,25-26H,4-7,12-22H2,2H3,(H2,34,37)(H,35,43)/t25-/m0/s1. The van der Waals surface area contributed by atoms with E-state index in [2.05, 4.69) is 55.0 Å². The molecule has 3 fully saturated rings. The van der Waals surface area contributed by atoms with Crippen molar-refractivity contribution in [3.05, 3.63) is 46.2 Å². The lowest BCUT2D eigenvalue weighted by Gasteiger charge is -2.47. The molecule has 3 aliphatic rings. The first-order chi connectivity index (χ1) is 20.9. The highest BCUT2D eigenvalue weighted by molar-refractivity contribution is 6.32. The second-order valence-corrected chi connectivity index (χ2v) is 12.1. The summed E-state index contributed by atoms with van der Waals surface area (Å²) in [6.45, 7) is 9.64. The molecule has 43 heavy (non-hydrogen) atoms. The molecule has 3 aliphatic heterocycles. The summed E-state index contributed by atoms with van der Waals surface area (Å²) in [7, 11) is 0. The Kier molecular flexibility index (Phi) is 10.4. The maximum Gasteiger partial charge on any atom is 0.273 e. The van der Waals surface area contributed by atoms with Crippen LogP contribution in [0.3, 0.4) is 0 Å². The number of halogens is 1. The van der Waals surface area contributed by atoms with Crippen molar-refractivity contribution in [2.24, 2.45) is 0 Å². The summed E-state index contributed by atoms with van der Waals surface area (Å²) >= 11 is 6.59. The molecule has 1 aromatic carbocycles. The van der Waals surface area contributed by atoms with E-state index < -0.39 is 5.91 Å². The van der Waals surface area contributed by atoms with Gasteiger partial charge in [-0.15, -0.1) is 6.42 Å². The molecule has 3 N–H and O–H groups in total. The molecule has 3 saturated heterocycles. The van der Waals surface area contributed by atoms with Crippen molar-refractivity contribution in [2.75, 3.05) is 63.0 Å². The lowest BCUT2D eigenvalue weighted by atomic mass is 9.97. The Balaban J connectivity index is 1.12. The molecule has 1 aromatic heterocycles. The number of benzene rings is 1. The van der Waals surface area contributed by atoms with E-state index in [1.54, 1.807) is 0 Å². The van der Waals surface area contributed by atoms with Crippen molar-refractivity contribution in [3.8, 4) is 12.3 Å². The minimum Gasteiger partial charge on any atom is -0.382 e. The minimum absolute atomic E-state index is 0.0374. The topological polar surface area (TPSA) is 111 Å². The van der Waals surface area contributed by atoms with Crippen molar-refractivity contribution in [1.82, 2.24) is 30.0 Å². The lowest BCUT2D eigenvalue weighted by Crippen LogP contribution is -2.58. The van der Waals surface area contributed by atoms with Gasteiger partial charge in [-0.1, -0.05) is 36.6 Å². The molecule has 230 valence electrons. The fraction of sp³-hybridized carbons (Fsp3) is 0.562. The van der Waals surface area contributed by atoms with Crippen molar-refractivity contribution < 1.29 is 9.59 Å². The Labute approximate surface area is 259 Å². The van der Waals surface area contributed by atoms with Gasteiger partial charge >= 0.3 is 0 Å². The van der Waals surface area contributed by atoms with E-state index in [4.69, 9.17) is 23.8 Å². The number of piperazine rings is 1. The zero-order chi connectivity index (χ0) is 30.3. The number of terminal acetylenes is 1. The number of aromatic nitrogens is 2. The number of rotatable bonds is 10. The van der Waals surface area contributed by atoms with Gasteiger partial charge < -0.3 is 20.9 Å². The third-order valence-corrected chi connectivity index (χ3v) is 9.25. The summed E-state index contributed by atoms with van der Waals surface area (Å²) in [6, 6.07) is 9.21. The van der Waals surface area contributed by atoms with Gasteiger partial charge in [0, 0.05) is 69.9 Å². The van der Waals surface area contributed by atoms with Crippen LogP contribution in [-0.2, 0) is 11.3 Å². The molecule has 4 heterocycles. The number of nitrogens with one attached hydrogen (secondary N) is 1. The maximum absolute atomic E-state index is 12.8. The van der Waals surface area contributed by atoms with Gasteiger partial charge in [0.15, 0.2) is 22.5 Å². The third kappa shape index (κ3) is 7.58. The molecule has 0 radical (unpaired) electrons. The van der Waals surface area contributed by atoms with Gasteiger partial charge in [-0.25, -0.2) is 9.97 Å². The number of hydrogen-bond acceptors (Lipinski definition) is 8. The van der Waals surface area contributed by atoms with E-state index in [0.29, 0.717) is 43.8 Å².